The Morgan fingerprint density at radius 1 is 1.03 bits per heavy atom. The van der Waals surface area contributed by atoms with Crippen molar-refractivity contribution < 1.29 is 13.2 Å². The molecule has 9 nitrogen and oxygen atoms in total. The third-order valence-electron chi connectivity index (χ3n) is 4.90. The summed E-state index contributed by atoms with van der Waals surface area (Å²) in [7, 11) is -3.63. The van der Waals surface area contributed by atoms with E-state index in [1.807, 2.05) is 0 Å². The minimum absolute atomic E-state index is 0.133. The van der Waals surface area contributed by atoms with Crippen molar-refractivity contribution in [3.63, 3.8) is 0 Å². The van der Waals surface area contributed by atoms with E-state index in [0.717, 1.165) is 0 Å². The molecule has 1 aliphatic rings. The minimum Gasteiger partial charge on any atom is -0.338 e. The van der Waals surface area contributed by atoms with Crippen molar-refractivity contribution in [3.8, 4) is 0 Å². The molecular formula is C19H19N5O4S. The van der Waals surface area contributed by atoms with Gasteiger partial charge in [0, 0.05) is 38.6 Å². The number of piperazine rings is 1. The normalized spacial score (nSPS) is 15.5. The summed E-state index contributed by atoms with van der Waals surface area (Å²) in [6.07, 6.45) is 4.19. The van der Waals surface area contributed by atoms with E-state index in [9.17, 15) is 18.0 Å². The van der Waals surface area contributed by atoms with E-state index in [1.54, 1.807) is 35.2 Å². The Hall–Kier alpha value is -3.11. The fourth-order valence-corrected chi connectivity index (χ4v) is 4.68. The number of para-hydroxylation sites is 1. The first-order chi connectivity index (χ1) is 14.0. The number of fused-ring (bicyclic) bond motifs is 1. The van der Waals surface area contributed by atoms with Gasteiger partial charge in [0.15, 0.2) is 0 Å². The average Bonchev–Trinajstić information content (AvgIpc) is 2.76. The summed E-state index contributed by atoms with van der Waals surface area (Å²) in [6, 6.07) is 10.0. The van der Waals surface area contributed by atoms with Crippen LogP contribution in [-0.2, 0) is 21.4 Å². The molecule has 3 aromatic rings. The number of benzene rings is 1. The SMILES string of the molecule is O=C(Cn1cnc2ccccc2c1=O)N1CCN(S(=O)(=O)c2cccnc2)CC1. The monoisotopic (exact) mass is 413 g/mol. The molecule has 150 valence electrons. The molecule has 1 amide bonds. The maximum atomic E-state index is 12.7. The first-order valence-electron chi connectivity index (χ1n) is 9.09. The molecule has 1 saturated heterocycles. The Labute approximate surface area is 167 Å². The molecule has 1 fully saturated rings. The number of nitrogens with zero attached hydrogens (tertiary/aromatic N) is 5. The first kappa shape index (κ1) is 19.2. The van der Waals surface area contributed by atoms with Gasteiger partial charge in [-0.2, -0.15) is 4.31 Å². The van der Waals surface area contributed by atoms with Crippen LogP contribution in [0.1, 0.15) is 0 Å². The fourth-order valence-electron chi connectivity index (χ4n) is 3.29. The Balaban J connectivity index is 1.43. The Morgan fingerprint density at radius 2 is 1.79 bits per heavy atom. The van der Waals surface area contributed by atoms with Gasteiger partial charge in [0.2, 0.25) is 15.9 Å². The van der Waals surface area contributed by atoms with Crippen LogP contribution in [0.4, 0.5) is 0 Å². The highest BCUT2D eigenvalue weighted by molar-refractivity contribution is 7.89. The third-order valence-corrected chi connectivity index (χ3v) is 6.78. The topological polar surface area (TPSA) is 105 Å². The summed E-state index contributed by atoms with van der Waals surface area (Å²) in [5.41, 5.74) is 0.303. The molecule has 2 aromatic heterocycles. The lowest BCUT2D eigenvalue weighted by molar-refractivity contribution is -0.133. The zero-order valence-electron chi connectivity index (χ0n) is 15.5. The third kappa shape index (κ3) is 3.76. The van der Waals surface area contributed by atoms with Gasteiger partial charge in [-0.3, -0.25) is 19.1 Å². The van der Waals surface area contributed by atoms with E-state index in [4.69, 9.17) is 0 Å². The van der Waals surface area contributed by atoms with E-state index in [1.165, 1.54) is 33.7 Å². The average molecular weight is 413 g/mol. The molecule has 0 atom stereocenters. The number of carbonyl (C=O) groups is 1. The highest BCUT2D eigenvalue weighted by atomic mass is 32.2. The van der Waals surface area contributed by atoms with Gasteiger partial charge in [0.25, 0.3) is 5.56 Å². The highest BCUT2D eigenvalue weighted by Gasteiger charge is 2.30. The molecule has 3 heterocycles. The van der Waals surface area contributed by atoms with E-state index in [2.05, 4.69) is 9.97 Å². The van der Waals surface area contributed by atoms with Crippen molar-refractivity contribution in [1.29, 1.82) is 0 Å². The van der Waals surface area contributed by atoms with Gasteiger partial charge in [-0.05, 0) is 24.3 Å². The van der Waals surface area contributed by atoms with Crippen molar-refractivity contribution in [2.75, 3.05) is 26.2 Å². The van der Waals surface area contributed by atoms with Crippen LogP contribution in [0.5, 0.6) is 0 Å². The van der Waals surface area contributed by atoms with Crippen LogP contribution in [0, 0.1) is 0 Å². The van der Waals surface area contributed by atoms with Crippen LogP contribution in [0.3, 0.4) is 0 Å². The lowest BCUT2D eigenvalue weighted by Gasteiger charge is -2.34. The predicted molar refractivity (Wildman–Crippen MR) is 106 cm³/mol. The van der Waals surface area contributed by atoms with E-state index >= 15 is 0 Å². The van der Waals surface area contributed by atoms with Crippen LogP contribution < -0.4 is 5.56 Å². The van der Waals surface area contributed by atoms with E-state index in [0.29, 0.717) is 10.9 Å². The second-order valence-corrected chi connectivity index (χ2v) is 8.61. The number of aromatic nitrogens is 3. The van der Waals surface area contributed by atoms with Crippen LogP contribution >= 0.6 is 0 Å². The maximum absolute atomic E-state index is 12.7. The molecule has 0 bridgehead atoms. The predicted octanol–water partition coefficient (Wildman–Crippen LogP) is 0.325. The first-order valence-corrected chi connectivity index (χ1v) is 10.5. The summed E-state index contributed by atoms with van der Waals surface area (Å²) in [6.45, 7) is 0.760. The number of rotatable bonds is 4. The molecule has 1 aromatic carbocycles. The van der Waals surface area contributed by atoms with Crippen molar-refractivity contribution in [3.05, 3.63) is 65.5 Å². The summed E-state index contributed by atoms with van der Waals surface area (Å²) in [4.78, 5) is 35.0. The molecule has 0 spiro atoms. The van der Waals surface area contributed by atoms with Crippen LogP contribution in [-0.4, -0.2) is 64.2 Å². The van der Waals surface area contributed by atoms with Crippen molar-refractivity contribution in [2.45, 2.75) is 11.4 Å². The number of hydrogen-bond donors (Lipinski definition) is 0. The van der Waals surface area contributed by atoms with Gasteiger partial charge in [0.05, 0.1) is 17.2 Å². The number of amides is 1. The summed E-state index contributed by atoms with van der Waals surface area (Å²) in [5.74, 6) is -0.248. The fraction of sp³-hybridized carbons (Fsp3) is 0.263. The van der Waals surface area contributed by atoms with Crippen molar-refractivity contribution >= 4 is 26.8 Å². The quantitative estimate of drug-likeness (QED) is 0.610. The van der Waals surface area contributed by atoms with Crippen LogP contribution in [0.25, 0.3) is 10.9 Å². The zero-order valence-corrected chi connectivity index (χ0v) is 16.3. The van der Waals surface area contributed by atoms with Gasteiger partial charge >= 0.3 is 0 Å². The lowest BCUT2D eigenvalue weighted by Crippen LogP contribution is -2.51. The molecule has 0 radical (unpaired) electrons. The number of sulfonamides is 1. The highest BCUT2D eigenvalue weighted by Crippen LogP contribution is 2.16. The number of pyridine rings is 1. The van der Waals surface area contributed by atoms with Gasteiger partial charge in [0.1, 0.15) is 11.4 Å². The van der Waals surface area contributed by atoms with Crippen molar-refractivity contribution in [2.24, 2.45) is 0 Å². The van der Waals surface area contributed by atoms with Crippen LogP contribution in [0.2, 0.25) is 0 Å². The summed E-state index contributed by atoms with van der Waals surface area (Å²) < 4.78 is 27.9. The molecule has 1 aliphatic heterocycles. The molecule has 0 aliphatic carbocycles. The Morgan fingerprint density at radius 3 is 2.52 bits per heavy atom. The van der Waals surface area contributed by atoms with Gasteiger partial charge < -0.3 is 4.90 Å². The van der Waals surface area contributed by atoms with Gasteiger partial charge in [-0.15, -0.1) is 0 Å². The Kier molecular flexibility index (Phi) is 5.12. The number of hydrogen-bond acceptors (Lipinski definition) is 6. The molecule has 0 saturated carbocycles. The molecule has 0 N–H and O–H groups in total. The second kappa shape index (κ2) is 7.72. The zero-order chi connectivity index (χ0) is 20.4. The number of carbonyl (C=O) groups excluding carboxylic acids is 1. The lowest BCUT2D eigenvalue weighted by atomic mass is 10.2. The molecule has 29 heavy (non-hydrogen) atoms. The maximum Gasteiger partial charge on any atom is 0.261 e. The molecule has 4 rings (SSSR count). The molecular weight excluding hydrogens is 394 g/mol. The van der Waals surface area contributed by atoms with Gasteiger partial charge in [-0.25, -0.2) is 13.4 Å². The van der Waals surface area contributed by atoms with E-state index < -0.39 is 10.0 Å². The molecule has 0 unspecified atom stereocenters. The summed E-state index contributed by atoms with van der Waals surface area (Å²) in [5, 5.41) is 0.454. The van der Waals surface area contributed by atoms with Gasteiger partial charge in [-0.1, -0.05) is 12.1 Å². The molecule has 10 heteroatoms. The van der Waals surface area contributed by atoms with Crippen LogP contribution in [0.15, 0.2) is 64.8 Å². The summed E-state index contributed by atoms with van der Waals surface area (Å²) >= 11 is 0. The van der Waals surface area contributed by atoms with E-state index in [-0.39, 0.29) is 49.1 Å². The van der Waals surface area contributed by atoms with Crippen molar-refractivity contribution in [1.82, 2.24) is 23.7 Å². The largest absolute Gasteiger partial charge is 0.338 e. The second-order valence-electron chi connectivity index (χ2n) is 6.67. The smallest absolute Gasteiger partial charge is 0.261 e. The minimum atomic E-state index is -3.63. The Bertz CT molecular complexity index is 1200. The standard InChI is InChI=1S/C19H19N5O4S/c25-18(13-23-14-21-17-6-2-1-5-16(17)19(23)26)22-8-10-24(11-9-22)29(27,28)15-4-3-7-20-12-15/h1-7,12,14H,8-11,13H2.